The molecule has 7 nitrogen and oxygen atoms in total. The van der Waals surface area contributed by atoms with Crippen molar-refractivity contribution in [3.05, 3.63) is 57.8 Å². The summed E-state index contributed by atoms with van der Waals surface area (Å²) in [5.41, 5.74) is 4.68. The molecule has 1 aromatic carbocycles. The number of hydrogen-bond donors (Lipinski definition) is 2. The van der Waals surface area contributed by atoms with Crippen molar-refractivity contribution in [1.29, 1.82) is 0 Å². The molecule has 0 aliphatic carbocycles. The predicted octanol–water partition coefficient (Wildman–Crippen LogP) is 2.04. The second-order valence-electron chi connectivity index (χ2n) is 3.84. The first kappa shape index (κ1) is 13.7. The van der Waals surface area contributed by atoms with E-state index in [1.165, 1.54) is 12.1 Å². The van der Waals surface area contributed by atoms with Gasteiger partial charge >= 0.3 is 0 Å². The summed E-state index contributed by atoms with van der Waals surface area (Å²) >= 11 is 0. The van der Waals surface area contributed by atoms with Crippen LogP contribution in [0.2, 0.25) is 0 Å². The van der Waals surface area contributed by atoms with E-state index in [9.17, 15) is 19.3 Å². The number of halogens is 1. The van der Waals surface area contributed by atoms with E-state index < -0.39 is 22.3 Å². The maximum atomic E-state index is 13.0. The van der Waals surface area contributed by atoms with Gasteiger partial charge in [-0.3, -0.25) is 14.9 Å². The number of carbonyl (C=O) groups excluding carboxylic acids is 1. The first-order valence-corrected chi connectivity index (χ1v) is 5.55. The summed E-state index contributed by atoms with van der Waals surface area (Å²) in [7, 11) is 0. The van der Waals surface area contributed by atoms with Crippen molar-refractivity contribution < 1.29 is 18.5 Å². The SMILES string of the molecule is NCc1ccc(C(=O)Nc2ccc(F)cc2[N+](=O)[O-])o1. The van der Waals surface area contributed by atoms with E-state index in [0.717, 1.165) is 18.2 Å². The zero-order valence-electron chi connectivity index (χ0n) is 10.1. The maximum Gasteiger partial charge on any atom is 0.295 e. The van der Waals surface area contributed by atoms with Gasteiger partial charge in [0, 0.05) is 0 Å². The molecule has 0 atom stereocenters. The number of nitrogens with two attached hydrogens (primary N) is 1. The van der Waals surface area contributed by atoms with E-state index in [1.54, 1.807) is 0 Å². The quantitative estimate of drug-likeness (QED) is 0.657. The average Bonchev–Trinajstić information content (AvgIpc) is 2.89. The fourth-order valence-electron chi connectivity index (χ4n) is 1.56. The van der Waals surface area contributed by atoms with E-state index in [0.29, 0.717) is 5.76 Å². The minimum atomic E-state index is -0.786. The van der Waals surface area contributed by atoms with Crippen molar-refractivity contribution in [3.63, 3.8) is 0 Å². The second kappa shape index (κ2) is 5.49. The zero-order chi connectivity index (χ0) is 14.7. The molecule has 1 heterocycles. The Morgan fingerprint density at radius 1 is 1.40 bits per heavy atom. The van der Waals surface area contributed by atoms with E-state index in [1.807, 2.05) is 0 Å². The number of nitrogens with one attached hydrogen (secondary N) is 1. The largest absolute Gasteiger partial charge is 0.455 e. The number of nitrogens with zero attached hydrogens (tertiary/aromatic N) is 1. The van der Waals surface area contributed by atoms with Crippen LogP contribution in [0.25, 0.3) is 0 Å². The number of hydrogen-bond acceptors (Lipinski definition) is 5. The van der Waals surface area contributed by atoms with Crippen molar-refractivity contribution in [2.45, 2.75) is 6.54 Å². The van der Waals surface area contributed by atoms with Crippen LogP contribution in [0.15, 0.2) is 34.7 Å². The third-order valence-corrected chi connectivity index (χ3v) is 2.49. The summed E-state index contributed by atoms with van der Waals surface area (Å²) in [4.78, 5) is 21.8. The highest BCUT2D eigenvalue weighted by molar-refractivity contribution is 6.03. The molecule has 3 N–H and O–H groups in total. The Morgan fingerprint density at radius 2 is 2.15 bits per heavy atom. The Bertz CT molecular complexity index is 668. The first-order valence-electron chi connectivity index (χ1n) is 5.55. The van der Waals surface area contributed by atoms with Gasteiger partial charge in [-0.05, 0) is 24.3 Å². The Hall–Kier alpha value is -2.74. The molecule has 2 rings (SSSR count). The molecule has 0 saturated heterocycles. The summed E-state index contributed by atoms with van der Waals surface area (Å²) in [6.45, 7) is 0.129. The molecule has 1 aromatic heterocycles. The molecule has 20 heavy (non-hydrogen) atoms. The highest BCUT2D eigenvalue weighted by atomic mass is 19.1. The fraction of sp³-hybridized carbons (Fsp3) is 0.0833. The molecule has 0 bridgehead atoms. The molecule has 0 spiro atoms. The topological polar surface area (TPSA) is 111 Å². The number of amides is 1. The lowest BCUT2D eigenvalue weighted by molar-refractivity contribution is -0.384. The van der Waals surface area contributed by atoms with Crippen molar-refractivity contribution in [1.82, 2.24) is 0 Å². The molecule has 0 aliphatic heterocycles. The van der Waals surface area contributed by atoms with Gasteiger partial charge in [-0.15, -0.1) is 0 Å². The van der Waals surface area contributed by atoms with Gasteiger partial charge in [0.15, 0.2) is 5.76 Å². The van der Waals surface area contributed by atoms with Gasteiger partial charge in [-0.1, -0.05) is 0 Å². The Kier molecular flexibility index (Phi) is 3.76. The highest BCUT2D eigenvalue weighted by Gasteiger charge is 2.19. The molecular formula is C12H10FN3O4. The van der Waals surface area contributed by atoms with Crippen LogP contribution in [0.5, 0.6) is 0 Å². The summed E-state index contributed by atoms with van der Waals surface area (Å²) in [6, 6.07) is 5.76. The second-order valence-corrected chi connectivity index (χ2v) is 3.84. The molecule has 104 valence electrons. The zero-order valence-corrected chi connectivity index (χ0v) is 10.1. The minimum Gasteiger partial charge on any atom is -0.455 e. The van der Waals surface area contributed by atoms with Crippen molar-refractivity contribution in [2.24, 2.45) is 5.73 Å². The van der Waals surface area contributed by atoms with Crippen molar-refractivity contribution in [2.75, 3.05) is 5.32 Å². The fourth-order valence-corrected chi connectivity index (χ4v) is 1.56. The van der Waals surface area contributed by atoms with E-state index >= 15 is 0 Å². The molecule has 0 radical (unpaired) electrons. The molecule has 1 amide bonds. The molecular weight excluding hydrogens is 269 g/mol. The van der Waals surface area contributed by atoms with Crippen LogP contribution in [0.1, 0.15) is 16.3 Å². The Labute approximate surface area is 112 Å². The number of benzene rings is 1. The van der Waals surface area contributed by atoms with Gasteiger partial charge < -0.3 is 15.5 Å². The number of anilines is 1. The Balaban J connectivity index is 2.25. The maximum absolute atomic E-state index is 13.0. The van der Waals surface area contributed by atoms with E-state index in [2.05, 4.69) is 5.32 Å². The van der Waals surface area contributed by atoms with Gasteiger partial charge in [0.2, 0.25) is 0 Å². The van der Waals surface area contributed by atoms with Gasteiger partial charge in [0.1, 0.15) is 17.3 Å². The molecule has 0 fully saturated rings. The van der Waals surface area contributed by atoms with Crippen LogP contribution in [0.3, 0.4) is 0 Å². The third kappa shape index (κ3) is 2.81. The van der Waals surface area contributed by atoms with Crippen LogP contribution in [-0.2, 0) is 6.54 Å². The van der Waals surface area contributed by atoms with Crippen LogP contribution >= 0.6 is 0 Å². The van der Waals surface area contributed by atoms with Gasteiger partial charge in [-0.2, -0.15) is 0 Å². The summed E-state index contributed by atoms with van der Waals surface area (Å²) in [6.07, 6.45) is 0. The van der Waals surface area contributed by atoms with Crippen molar-refractivity contribution in [3.8, 4) is 0 Å². The summed E-state index contributed by atoms with van der Waals surface area (Å²) in [5.74, 6) is -1.08. The third-order valence-electron chi connectivity index (χ3n) is 2.49. The van der Waals surface area contributed by atoms with Crippen LogP contribution in [-0.4, -0.2) is 10.8 Å². The van der Waals surface area contributed by atoms with Gasteiger partial charge in [0.05, 0.1) is 17.5 Å². The van der Waals surface area contributed by atoms with Crippen LogP contribution in [0.4, 0.5) is 15.8 Å². The lowest BCUT2D eigenvalue weighted by atomic mass is 10.2. The normalized spacial score (nSPS) is 10.3. The molecule has 0 saturated carbocycles. The van der Waals surface area contributed by atoms with Gasteiger partial charge in [-0.25, -0.2) is 4.39 Å². The minimum absolute atomic E-state index is 0.0379. The standard InChI is InChI=1S/C12H10FN3O4/c13-7-1-3-9(10(5-7)16(18)19)15-12(17)11-4-2-8(6-14)20-11/h1-5H,6,14H2,(H,15,17). The van der Waals surface area contributed by atoms with Crippen molar-refractivity contribution >= 4 is 17.3 Å². The monoisotopic (exact) mass is 279 g/mol. The number of nitro groups is 1. The number of rotatable bonds is 4. The number of carbonyl (C=O) groups is 1. The summed E-state index contributed by atoms with van der Waals surface area (Å²) in [5, 5.41) is 13.1. The smallest absolute Gasteiger partial charge is 0.295 e. The van der Waals surface area contributed by atoms with Crippen LogP contribution in [0, 0.1) is 15.9 Å². The molecule has 0 unspecified atom stereocenters. The summed E-state index contributed by atoms with van der Waals surface area (Å²) < 4.78 is 18.1. The van der Waals surface area contributed by atoms with E-state index in [-0.39, 0.29) is 18.0 Å². The highest BCUT2D eigenvalue weighted by Crippen LogP contribution is 2.25. The number of nitro benzene ring substituents is 1. The Morgan fingerprint density at radius 3 is 2.75 bits per heavy atom. The molecule has 0 aliphatic rings. The predicted molar refractivity (Wildman–Crippen MR) is 67.6 cm³/mol. The average molecular weight is 279 g/mol. The molecule has 2 aromatic rings. The van der Waals surface area contributed by atoms with Crippen LogP contribution < -0.4 is 11.1 Å². The van der Waals surface area contributed by atoms with E-state index in [4.69, 9.17) is 10.2 Å². The first-order chi connectivity index (χ1) is 9.51. The lowest BCUT2D eigenvalue weighted by Crippen LogP contribution is -2.12. The molecule has 8 heteroatoms. The lowest BCUT2D eigenvalue weighted by Gasteiger charge is -2.04. The number of furan rings is 1. The van der Waals surface area contributed by atoms with Gasteiger partial charge in [0.25, 0.3) is 11.6 Å².